The van der Waals surface area contributed by atoms with Crippen LogP contribution in [0.2, 0.25) is 0 Å². The molecule has 1 aliphatic carbocycles. The molecule has 26 heavy (non-hydrogen) atoms. The van der Waals surface area contributed by atoms with E-state index in [2.05, 4.69) is 0 Å². The number of hydrogen-bond acceptors (Lipinski definition) is 2. The van der Waals surface area contributed by atoms with Crippen LogP contribution < -0.4 is 0 Å². The summed E-state index contributed by atoms with van der Waals surface area (Å²) in [6.07, 6.45) is 18.0. The molecule has 1 aliphatic rings. The molecule has 2 aromatic carbocycles. The van der Waals surface area contributed by atoms with Crippen LogP contribution >= 0.6 is 0 Å². The normalized spacial score (nSPS) is 15.7. The Balaban J connectivity index is 0.000000207. The molecule has 0 aromatic heterocycles. The molecule has 0 aliphatic heterocycles. The predicted molar refractivity (Wildman–Crippen MR) is 112 cm³/mol. The molecule has 2 heteroatoms. The van der Waals surface area contributed by atoms with Crippen LogP contribution in [0.5, 0.6) is 11.5 Å². The summed E-state index contributed by atoms with van der Waals surface area (Å²) in [7, 11) is 0. The molecular weight excluding hydrogens is 320 g/mol. The standard InChI is InChI=1S/C12H24.2C6H6O/c1-2-4-6-8-10-12-11-9-7-5-3-1;2*7-6-4-2-1-3-5-6/h1-12H2;2*1-5,7H. The highest BCUT2D eigenvalue weighted by Gasteiger charge is 1.96. The first-order valence-corrected chi connectivity index (χ1v) is 10.3. The van der Waals surface area contributed by atoms with Crippen LogP contribution in [0.4, 0.5) is 0 Å². The molecule has 0 bridgehead atoms. The molecule has 0 amide bonds. The number of para-hydroxylation sites is 2. The zero-order chi connectivity index (χ0) is 18.7. The van der Waals surface area contributed by atoms with Gasteiger partial charge in [0.05, 0.1) is 0 Å². The molecule has 0 unspecified atom stereocenters. The number of phenolic OH excluding ortho intramolecular Hbond substituents is 2. The first kappa shape index (κ1) is 22.1. The molecule has 1 fully saturated rings. The Morgan fingerprint density at radius 1 is 0.346 bits per heavy atom. The lowest BCUT2D eigenvalue weighted by Gasteiger charge is -2.05. The van der Waals surface area contributed by atoms with Crippen molar-refractivity contribution in [2.75, 3.05) is 0 Å². The molecule has 2 N–H and O–H groups in total. The highest BCUT2D eigenvalue weighted by atomic mass is 16.3. The van der Waals surface area contributed by atoms with Gasteiger partial charge in [0.2, 0.25) is 0 Å². The second kappa shape index (κ2) is 16.5. The van der Waals surface area contributed by atoms with Gasteiger partial charge in [0, 0.05) is 0 Å². The van der Waals surface area contributed by atoms with Crippen LogP contribution in [0.3, 0.4) is 0 Å². The van der Waals surface area contributed by atoms with Crippen LogP contribution in [0.25, 0.3) is 0 Å². The van der Waals surface area contributed by atoms with Gasteiger partial charge in [0.25, 0.3) is 0 Å². The van der Waals surface area contributed by atoms with Gasteiger partial charge in [-0.25, -0.2) is 0 Å². The van der Waals surface area contributed by atoms with Crippen molar-refractivity contribution in [2.45, 2.75) is 77.0 Å². The Bertz CT molecular complexity index is 430. The van der Waals surface area contributed by atoms with Gasteiger partial charge in [0.1, 0.15) is 11.5 Å². The van der Waals surface area contributed by atoms with Crippen LogP contribution in [-0.4, -0.2) is 10.2 Å². The third kappa shape index (κ3) is 14.4. The lowest BCUT2D eigenvalue weighted by atomic mass is 10.0. The van der Waals surface area contributed by atoms with E-state index in [1.165, 1.54) is 77.0 Å². The van der Waals surface area contributed by atoms with Gasteiger partial charge in [-0.3, -0.25) is 0 Å². The Morgan fingerprint density at radius 2 is 0.538 bits per heavy atom. The van der Waals surface area contributed by atoms with Crippen molar-refractivity contribution in [2.24, 2.45) is 0 Å². The number of phenols is 2. The Morgan fingerprint density at radius 3 is 0.654 bits per heavy atom. The Hall–Kier alpha value is -1.96. The Kier molecular flexibility index (Phi) is 14.0. The second-order valence-electron chi connectivity index (χ2n) is 6.91. The van der Waals surface area contributed by atoms with Gasteiger partial charge >= 0.3 is 0 Å². The largest absolute Gasteiger partial charge is 0.508 e. The van der Waals surface area contributed by atoms with Crippen molar-refractivity contribution in [3.8, 4) is 11.5 Å². The summed E-state index contributed by atoms with van der Waals surface area (Å²) >= 11 is 0. The summed E-state index contributed by atoms with van der Waals surface area (Å²) in [5, 5.41) is 17.3. The van der Waals surface area contributed by atoms with E-state index in [9.17, 15) is 0 Å². The summed E-state index contributed by atoms with van der Waals surface area (Å²) in [6.45, 7) is 0. The predicted octanol–water partition coefficient (Wildman–Crippen LogP) is 7.47. The summed E-state index contributed by atoms with van der Waals surface area (Å²) in [5.41, 5.74) is 0. The van der Waals surface area contributed by atoms with Crippen molar-refractivity contribution >= 4 is 0 Å². The lowest BCUT2D eigenvalue weighted by molar-refractivity contribution is 0.475. The van der Waals surface area contributed by atoms with E-state index >= 15 is 0 Å². The molecule has 2 nitrogen and oxygen atoms in total. The van der Waals surface area contributed by atoms with Gasteiger partial charge in [-0.1, -0.05) is 113 Å². The number of rotatable bonds is 0. The van der Waals surface area contributed by atoms with Crippen molar-refractivity contribution in [3.05, 3.63) is 60.7 Å². The zero-order valence-electron chi connectivity index (χ0n) is 16.2. The highest BCUT2D eigenvalue weighted by Crippen LogP contribution is 2.15. The minimum atomic E-state index is 0.322. The maximum atomic E-state index is 8.63. The van der Waals surface area contributed by atoms with Crippen molar-refractivity contribution in [1.82, 2.24) is 0 Å². The Labute approximate surface area is 159 Å². The summed E-state index contributed by atoms with van der Waals surface area (Å²) in [4.78, 5) is 0. The van der Waals surface area contributed by atoms with E-state index in [0.717, 1.165) is 0 Å². The summed E-state index contributed by atoms with van der Waals surface area (Å²) < 4.78 is 0. The topological polar surface area (TPSA) is 40.5 Å². The molecule has 3 rings (SSSR count). The maximum absolute atomic E-state index is 8.63. The zero-order valence-corrected chi connectivity index (χ0v) is 16.2. The van der Waals surface area contributed by atoms with Gasteiger partial charge in [0.15, 0.2) is 0 Å². The quantitative estimate of drug-likeness (QED) is 0.514. The fourth-order valence-electron chi connectivity index (χ4n) is 2.98. The number of benzene rings is 2. The first-order chi connectivity index (χ1) is 12.8. The van der Waals surface area contributed by atoms with Gasteiger partial charge < -0.3 is 10.2 Å². The van der Waals surface area contributed by atoms with Gasteiger partial charge in [-0.15, -0.1) is 0 Å². The molecule has 2 aromatic rings. The molecular formula is C24H36O2. The average Bonchev–Trinajstić information content (AvgIpc) is 2.65. The monoisotopic (exact) mass is 356 g/mol. The minimum Gasteiger partial charge on any atom is -0.508 e. The van der Waals surface area contributed by atoms with Crippen LogP contribution in [0, 0.1) is 0 Å². The van der Waals surface area contributed by atoms with Gasteiger partial charge in [-0.05, 0) is 24.3 Å². The SMILES string of the molecule is C1CCCCCCCCCCC1.Oc1ccccc1.Oc1ccccc1. The van der Waals surface area contributed by atoms with Crippen LogP contribution in [0.1, 0.15) is 77.0 Å². The minimum absolute atomic E-state index is 0.322. The van der Waals surface area contributed by atoms with Crippen LogP contribution in [0.15, 0.2) is 60.7 Å². The van der Waals surface area contributed by atoms with E-state index in [1.54, 1.807) is 48.5 Å². The fraction of sp³-hybridized carbons (Fsp3) is 0.500. The lowest BCUT2D eigenvalue weighted by Crippen LogP contribution is -1.85. The number of aromatic hydroxyl groups is 2. The fourth-order valence-corrected chi connectivity index (χ4v) is 2.98. The second-order valence-corrected chi connectivity index (χ2v) is 6.91. The third-order valence-corrected chi connectivity index (χ3v) is 4.51. The number of hydrogen-bond donors (Lipinski definition) is 2. The van der Waals surface area contributed by atoms with E-state index in [4.69, 9.17) is 10.2 Å². The summed E-state index contributed by atoms with van der Waals surface area (Å²) in [6, 6.07) is 17.4. The average molecular weight is 357 g/mol. The van der Waals surface area contributed by atoms with Crippen LogP contribution in [-0.2, 0) is 0 Å². The molecule has 0 heterocycles. The van der Waals surface area contributed by atoms with Gasteiger partial charge in [-0.2, -0.15) is 0 Å². The van der Waals surface area contributed by atoms with E-state index < -0.39 is 0 Å². The van der Waals surface area contributed by atoms with Crippen molar-refractivity contribution < 1.29 is 10.2 Å². The van der Waals surface area contributed by atoms with Crippen molar-refractivity contribution in [1.29, 1.82) is 0 Å². The molecule has 0 radical (unpaired) electrons. The van der Waals surface area contributed by atoms with E-state index in [0.29, 0.717) is 11.5 Å². The molecule has 144 valence electrons. The van der Waals surface area contributed by atoms with Crippen molar-refractivity contribution in [3.63, 3.8) is 0 Å². The summed E-state index contributed by atoms with van der Waals surface area (Å²) in [5.74, 6) is 0.644. The first-order valence-electron chi connectivity index (χ1n) is 10.3. The highest BCUT2D eigenvalue weighted by molar-refractivity contribution is 5.19. The van der Waals surface area contributed by atoms with E-state index in [-0.39, 0.29) is 0 Å². The van der Waals surface area contributed by atoms with E-state index in [1.807, 2.05) is 12.1 Å². The smallest absolute Gasteiger partial charge is 0.115 e. The molecule has 1 saturated carbocycles. The molecule has 0 saturated heterocycles. The third-order valence-electron chi connectivity index (χ3n) is 4.51. The molecule has 0 spiro atoms. The maximum Gasteiger partial charge on any atom is 0.115 e. The molecule has 0 atom stereocenters.